The first-order valence-electron chi connectivity index (χ1n) is 9.25. The molecule has 0 atom stereocenters. The number of hydrogen-bond donors (Lipinski definition) is 0. The van der Waals surface area contributed by atoms with Crippen molar-refractivity contribution in [1.82, 2.24) is 4.57 Å². The number of aryl methyl sites for hydroxylation is 1. The topological polar surface area (TPSA) is 29.6 Å². The Labute approximate surface area is 162 Å². The Bertz CT molecular complexity index is 985. The molecule has 0 N–H and O–H groups in total. The fourth-order valence-electron chi connectivity index (χ4n) is 3.00. The van der Waals surface area contributed by atoms with Gasteiger partial charge in [-0.05, 0) is 47.7 Å². The van der Waals surface area contributed by atoms with Crippen molar-refractivity contribution >= 4 is 23.8 Å². The van der Waals surface area contributed by atoms with E-state index in [2.05, 4.69) is 73.7 Å². The Morgan fingerprint density at radius 3 is 1.85 bits per heavy atom. The molecule has 0 amide bonds. The predicted molar refractivity (Wildman–Crippen MR) is 116 cm³/mol. The highest BCUT2D eigenvalue weighted by molar-refractivity contribution is 5.86. The lowest BCUT2D eigenvalue weighted by molar-refractivity contribution is 0.591. The Morgan fingerprint density at radius 1 is 0.741 bits per heavy atom. The van der Waals surface area contributed by atoms with E-state index in [1.165, 1.54) is 11.1 Å². The summed E-state index contributed by atoms with van der Waals surface area (Å²) >= 11 is 0. The minimum absolute atomic E-state index is 0.0630. The van der Waals surface area contributed by atoms with Gasteiger partial charge in [-0.25, -0.2) is 0 Å². The van der Waals surface area contributed by atoms with Gasteiger partial charge in [-0.2, -0.15) is 0 Å². The molecule has 3 rings (SSSR count). The van der Waals surface area contributed by atoms with Crippen LogP contribution in [0.25, 0.3) is 0 Å². The standard InChI is InChI=1S/C24H27N3/c1-18-10-6-8-12-22(18)25-16-19-14-15-20(27(19)5)17-26-23-13-9-7-11-21(23)24(2,3)4/h6-17H,1-5H3. The van der Waals surface area contributed by atoms with E-state index in [1.807, 2.05) is 43.7 Å². The molecule has 1 aromatic heterocycles. The van der Waals surface area contributed by atoms with Crippen LogP contribution in [0.4, 0.5) is 11.4 Å². The van der Waals surface area contributed by atoms with Gasteiger partial charge < -0.3 is 4.57 Å². The predicted octanol–water partition coefficient (Wildman–Crippen LogP) is 6.13. The minimum Gasteiger partial charge on any atom is -0.342 e. The number of rotatable bonds is 4. The fourth-order valence-corrected chi connectivity index (χ4v) is 3.00. The van der Waals surface area contributed by atoms with E-state index >= 15 is 0 Å². The molecule has 0 unspecified atom stereocenters. The summed E-state index contributed by atoms with van der Waals surface area (Å²) in [5.74, 6) is 0. The average Bonchev–Trinajstić information content (AvgIpc) is 2.99. The van der Waals surface area contributed by atoms with Gasteiger partial charge in [-0.1, -0.05) is 57.2 Å². The molecule has 3 aromatic rings. The number of benzene rings is 2. The molecule has 0 bridgehead atoms. The SMILES string of the molecule is Cc1ccccc1N=Cc1ccc(C=Nc2ccccc2C(C)(C)C)n1C. The summed E-state index contributed by atoms with van der Waals surface area (Å²) in [6.07, 6.45) is 3.83. The lowest BCUT2D eigenvalue weighted by Crippen LogP contribution is -2.11. The lowest BCUT2D eigenvalue weighted by atomic mass is 9.86. The molecule has 0 saturated heterocycles. The van der Waals surface area contributed by atoms with Crippen LogP contribution >= 0.6 is 0 Å². The van der Waals surface area contributed by atoms with E-state index < -0.39 is 0 Å². The van der Waals surface area contributed by atoms with Gasteiger partial charge in [0.15, 0.2) is 0 Å². The Morgan fingerprint density at radius 2 is 1.26 bits per heavy atom. The van der Waals surface area contributed by atoms with Crippen molar-refractivity contribution in [3.63, 3.8) is 0 Å². The summed E-state index contributed by atoms with van der Waals surface area (Å²) in [5, 5.41) is 0. The third kappa shape index (κ3) is 4.43. The van der Waals surface area contributed by atoms with Crippen molar-refractivity contribution < 1.29 is 0 Å². The van der Waals surface area contributed by atoms with Crippen LogP contribution in [0.1, 0.15) is 43.3 Å². The third-order valence-electron chi connectivity index (χ3n) is 4.70. The molecule has 3 heteroatoms. The monoisotopic (exact) mass is 357 g/mol. The van der Waals surface area contributed by atoms with Gasteiger partial charge in [0.1, 0.15) is 0 Å². The smallest absolute Gasteiger partial charge is 0.0667 e. The Hall–Kier alpha value is -2.94. The second-order valence-electron chi connectivity index (χ2n) is 7.81. The van der Waals surface area contributed by atoms with E-state index in [-0.39, 0.29) is 5.41 Å². The van der Waals surface area contributed by atoms with Crippen LogP contribution in [0.3, 0.4) is 0 Å². The highest BCUT2D eigenvalue weighted by Gasteiger charge is 2.16. The number of aliphatic imine (C=N–C) groups is 2. The van der Waals surface area contributed by atoms with Gasteiger partial charge in [0, 0.05) is 7.05 Å². The highest BCUT2D eigenvalue weighted by atomic mass is 15.0. The quantitative estimate of drug-likeness (QED) is 0.503. The first kappa shape index (κ1) is 18.8. The zero-order valence-corrected chi connectivity index (χ0v) is 16.8. The molecule has 0 radical (unpaired) electrons. The molecule has 0 aliphatic rings. The van der Waals surface area contributed by atoms with Crippen molar-refractivity contribution in [2.45, 2.75) is 33.1 Å². The summed E-state index contributed by atoms with van der Waals surface area (Å²) in [7, 11) is 2.04. The molecule has 0 spiro atoms. The van der Waals surface area contributed by atoms with E-state index in [1.54, 1.807) is 0 Å². The van der Waals surface area contributed by atoms with Crippen molar-refractivity contribution in [3.8, 4) is 0 Å². The van der Waals surface area contributed by atoms with Crippen LogP contribution < -0.4 is 0 Å². The normalized spacial score (nSPS) is 12.3. The molecule has 0 fully saturated rings. The van der Waals surface area contributed by atoms with Crippen molar-refractivity contribution in [1.29, 1.82) is 0 Å². The number of para-hydroxylation sites is 2. The van der Waals surface area contributed by atoms with Gasteiger partial charge in [0.25, 0.3) is 0 Å². The highest BCUT2D eigenvalue weighted by Crippen LogP contribution is 2.31. The van der Waals surface area contributed by atoms with Crippen molar-refractivity contribution in [2.75, 3.05) is 0 Å². The van der Waals surface area contributed by atoms with Gasteiger partial charge >= 0.3 is 0 Å². The molecule has 2 aromatic carbocycles. The van der Waals surface area contributed by atoms with E-state index in [4.69, 9.17) is 4.99 Å². The van der Waals surface area contributed by atoms with Crippen LogP contribution in [0, 0.1) is 6.92 Å². The van der Waals surface area contributed by atoms with Crippen LogP contribution in [0.5, 0.6) is 0 Å². The van der Waals surface area contributed by atoms with Crippen LogP contribution in [-0.4, -0.2) is 17.0 Å². The summed E-state index contributed by atoms with van der Waals surface area (Å²) in [6.45, 7) is 8.71. The maximum Gasteiger partial charge on any atom is 0.0667 e. The average molecular weight is 358 g/mol. The number of nitrogens with zero attached hydrogens (tertiary/aromatic N) is 3. The first-order chi connectivity index (χ1) is 12.9. The zero-order valence-electron chi connectivity index (χ0n) is 16.8. The molecular weight excluding hydrogens is 330 g/mol. The maximum atomic E-state index is 4.76. The van der Waals surface area contributed by atoms with Crippen LogP contribution in [0.2, 0.25) is 0 Å². The van der Waals surface area contributed by atoms with Gasteiger partial charge in [-0.15, -0.1) is 0 Å². The largest absolute Gasteiger partial charge is 0.342 e. The summed E-state index contributed by atoms with van der Waals surface area (Å²) in [6, 6.07) is 20.6. The molecule has 1 heterocycles. The first-order valence-corrected chi connectivity index (χ1v) is 9.25. The molecule has 0 aliphatic heterocycles. The Balaban J connectivity index is 1.85. The second-order valence-corrected chi connectivity index (χ2v) is 7.81. The summed E-state index contributed by atoms with van der Waals surface area (Å²) in [5.41, 5.74) is 6.58. The molecular formula is C24H27N3. The molecule has 0 saturated carbocycles. The summed E-state index contributed by atoms with van der Waals surface area (Å²) < 4.78 is 2.10. The molecule has 0 aliphatic carbocycles. The van der Waals surface area contributed by atoms with E-state index in [0.29, 0.717) is 0 Å². The second kappa shape index (κ2) is 7.75. The van der Waals surface area contributed by atoms with Crippen LogP contribution in [0.15, 0.2) is 70.6 Å². The van der Waals surface area contributed by atoms with Gasteiger partial charge in [-0.3, -0.25) is 9.98 Å². The van der Waals surface area contributed by atoms with Crippen LogP contribution in [-0.2, 0) is 12.5 Å². The zero-order chi connectivity index (χ0) is 19.4. The van der Waals surface area contributed by atoms with Crippen molar-refractivity contribution in [2.24, 2.45) is 17.0 Å². The molecule has 27 heavy (non-hydrogen) atoms. The van der Waals surface area contributed by atoms with E-state index in [9.17, 15) is 0 Å². The number of aromatic nitrogens is 1. The molecule has 138 valence electrons. The van der Waals surface area contributed by atoms with Gasteiger partial charge in [0.2, 0.25) is 0 Å². The van der Waals surface area contributed by atoms with Crippen molar-refractivity contribution in [3.05, 3.63) is 83.2 Å². The fraction of sp³-hybridized carbons (Fsp3) is 0.250. The third-order valence-corrected chi connectivity index (χ3v) is 4.70. The molecule has 3 nitrogen and oxygen atoms in total. The maximum absolute atomic E-state index is 4.76. The van der Waals surface area contributed by atoms with E-state index in [0.717, 1.165) is 22.8 Å². The minimum atomic E-state index is 0.0630. The Kier molecular flexibility index (Phi) is 5.41. The number of hydrogen-bond acceptors (Lipinski definition) is 2. The lowest BCUT2D eigenvalue weighted by Gasteiger charge is -2.20. The summed E-state index contributed by atoms with van der Waals surface area (Å²) in [4.78, 5) is 9.38. The van der Waals surface area contributed by atoms with Gasteiger partial charge in [0.05, 0.1) is 35.2 Å².